The number of rotatable bonds is 4. The lowest BCUT2D eigenvalue weighted by atomic mass is 9.94. The first-order valence-corrected chi connectivity index (χ1v) is 6.82. The second kappa shape index (κ2) is 5.70. The number of nitrogens with two attached hydrogens (primary N) is 1. The van der Waals surface area contributed by atoms with Crippen molar-refractivity contribution in [1.82, 2.24) is 5.32 Å². The molecule has 0 aromatic heterocycles. The summed E-state index contributed by atoms with van der Waals surface area (Å²) in [5.74, 6) is -0.342. The van der Waals surface area contributed by atoms with E-state index in [0.717, 1.165) is 31.2 Å². The summed E-state index contributed by atoms with van der Waals surface area (Å²) in [7, 11) is 0. The van der Waals surface area contributed by atoms with Gasteiger partial charge in [-0.05, 0) is 37.5 Å². The second-order valence-electron chi connectivity index (χ2n) is 5.59. The summed E-state index contributed by atoms with van der Waals surface area (Å²) in [6, 6.07) is 6.09. The Balaban J connectivity index is 1.91. The van der Waals surface area contributed by atoms with Gasteiger partial charge in [-0.1, -0.05) is 25.0 Å². The van der Waals surface area contributed by atoms with Crippen molar-refractivity contribution in [1.29, 1.82) is 0 Å². The van der Waals surface area contributed by atoms with Crippen LogP contribution in [0.25, 0.3) is 0 Å². The molecule has 3 N–H and O–H groups in total. The van der Waals surface area contributed by atoms with E-state index in [1.807, 2.05) is 13.0 Å². The zero-order valence-corrected chi connectivity index (χ0v) is 11.3. The second-order valence-corrected chi connectivity index (χ2v) is 5.59. The van der Waals surface area contributed by atoms with Crippen LogP contribution in [0.2, 0.25) is 0 Å². The standard InChI is InChI=1S/C15H21FN2O/c1-11(12-5-4-6-13(16)9-12)18-14(19)10-15(17)7-2-3-8-15/h4-6,9,11H,2-3,7-8,10,17H2,1H3,(H,18,19)/t11-/m0/s1. The molecule has 1 amide bonds. The molecule has 0 spiro atoms. The van der Waals surface area contributed by atoms with E-state index in [2.05, 4.69) is 5.32 Å². The van der Waals surface area contributed by atoms with Gasteiger partial charge in [-0.25, -0.2) is 4.39 Å². The number of hydrogen-bond acceptors (Lipinski definition) is 2. The minimum atomic E-state index is -0.342. The first-order chi connectivity index (χ1) is 8.98. The van der Waals surface area contributed by atoms with Crippen LogP contribution in [0.15, 0.2) is 24.3 Å². The van der Waals surface area contributed by atoms with Crippen molar-refractivity contribution < 1.29 is 9.18 Å². The molecule has 2 rings (SSSR count). The average molecular weight is 264 g/mol. The largest absolute Gasteiger partial charge is 0.350 e. The number of nitrogens with one attached hydrogen (secondary N) is 1. The first-order valence-electron chi connectivity index (χ1n) is 6.82. The van der Waals surface area contributed by atoms with Crippen molar-refractivity contribution in [2.45, 2.75) is 50.6 Å². The molecule has 4 heteroatoms. The molecule has 1 fully saturated rings. The van der Waals surface area contributed by atoms with Crippen molar-refractivity contribution in [3.63, 3.8) is 0 Å². The molecule has 1 atom stereocenters. The van der Waals surface area contributed by atoms with E-state index in [4.69, 9.17) is 5.73 Å². The zero-order valence-electron chi connectivity index (χ0n) is 11.3. The topological polar surface area (TPSA) is 55.1 Å². The van der Waals surface area contributed by atoms with E-state index in [9.17, 15) is 9.18 Å². The molecule has 3 nitrogen and oxygen atoms in total. The number of amides is 1. The fourth-order valence-corrected chi connectivity index (χ4v) is 2.73. The molecular weight excluding hydrogens is 243 g/mol. The van der Waals surface area contributed by atoms with Gasteiger partial charge in [0, 0.05) is 12.0 Å². The Morgan fingerprint density at radius 2 is 2.16 bits per heavy atom. The molecule has 0 saturated heterocycles. The summed E-state index contributed by atoms with van der Waals surface area (Å²) in [5, 5.41) is 2.89. The van der Waals surface area contributed by atoms with Gasteiger partial charge in [0.1, 0.15) is 5.82 Å². The smallest absolute Gasteiger partial charge is 0.222 e. The maximum absolute atomic E-state index is 13.1. The number of hydrogen-bond donors (Lipinski definition) is 2. The van der Waals surface area contributed by atoms with Crippen LogP contribution in [-0.4, -0.2) is 11.4 Å². The van der Waals surface area contributed by atoms with Gasteiger partial charge in [0.25, 0.3) is 0 Å². The van der Waals surface area contributed by atoms with Gasteiger partial charge in [0.05, 0.1) is 6.04 Å². The SMILES string of the molecule is C[C@H](NC(=O)CC1(N)CCCC1)c1cccc(F)c1. The van der Waals surface area contributed by atoms with Crippen LogP contribution in [0.3, 0.4) is 0 Å². The summed E-state index contributed by atoms with van der Waals surface area (Å²) in [6.07, 6.45) is 4.38. The maximum Gasteiger partial charge on any atom is 0.222 e. The lowest BCUT2D eigenvalue weighted by Gasteiger charge is -2.24. The van der Waals surface area contributed by atoms with Gasteiger partial charge in [-0.2, -0.15) is 0 Å². The Kier molecular flexibility index (Phi) is 4.20. The molecule has 1 aliphatic carbocycles. The number of carbonyl (C=O) groups is 1. The number of carbonyl (C=O) groups excluding carboxylic acids is 1. The van der Waals surface area contributed by atoms with Crippen molar-refractivity contribution in [2.75, 3.05) is 0 Å². The molecule has 1 saturated carbocycles. The molecule has 19 heavy (non-hydrogen) atoms. The Morgan fingerprint density at radius 3 is 2.79 bits per heavy atom. The number of halogens is 1. The van der Waals surface area contributed by atoms with E-state index < -0.39 is 0 Å². The summed E-state index contributed by atoms with van der Waals surface area (Å²) >= 11 is 0. The fraction of sp³-hybridized carbons (Fsp3) is 0.533. The minimum absolute atomic E-state index is 0.0545. The van der Waals surface area contributed by atoms with Crippen LogP contribution in [0, 0.1) is 5.82 Å². The van der Waals surface area contributed by atoms with Crippen LogP contribution >= 0.6 is 0 Å². The van der Waals surface area contributed by atoms with Gasteiger partial charge >= 0.3 is 0 Å². The summed E-state index contributed by atoms with van der Waals surface area (Å²) < 4.78 is 13.1. The van der Waals surface area contributed by atoms with Gasteiger partial charge in [-0.3, -0.25) is 4.79 Å². The highest BCUT2D eigenvalue weighted by Gasteiger charge is 2.31. The first kappa shape index (κ1) is 14.0. The molecule has 1 aliphatic rings. The lowest BCUT2D eigenvalue weighted by molar-refractivity contribution is -0.122. The molecule has 1 aromatic rings. The third-order valence-corrected chi connectivity index (χ3v) is 3.84. The fourth-order valence-electron chi connectivity index (χ4n) is 2.73. The van der Waals surface area contributed by atoms with Crippen LogP contribution in [-0.2, 0) is 4.79 Å². The van der Waals surface area contributed by atoms with Gasteiger partial charge in [0.2, 0.25) is 5.91 Å². The van der Waals surface area contributed by atoms with Crippen molar-refractivity contribution in [2.24, 2.45) is 5.73 Å². The predicted octanol–water partition coefficient (Wildman–Crippen LogP) is 2.66. The molecular formula is C15H21FN2O. The third-order valence-electron chi connectivity index (χ3n) is 3.84. The van der Waals surface area contributed by atoms with E-state index in [1.165, 1.54) is 12.1 Å². The molecule has 0 bridgehead atoms. The summed E-state index contributed by atoms with van der Waals surface area (Å²) in [5.41, 5.74) is 6.61. The number of benzene rings is 1. The Hall–Kier alpha value is -1.42. The van der Waals surface area contributed by atoms with E-state index in [0.29, 0.717) is 6.42 Å². The summed E-state index contributed by atoms with van der Waals surface area (Å²) in [4.78, 5) is 12.0. The van der Waals surface area contributed by atoms with E-state index in [-0.39, 0.29) is 23.3 Å². The van der Waals surface area contributed by atoms with Crippen LogP contribution < -0.4 is 11.1 Å². The predicted molar refractivity (Wildman–Crippen MR) is 73.0 cm³/mol. The maximum atomic E-state index is 13.1. The zero-order chi connectivity index (χ0) is 13.9. The Morgan fingerprint density at radius 1 is 1.47 bits per heavy atom. The Bertz CT molecular complexity index is 455. The van der Waals surface area contributed by atoms with Crippen LogP contribution in [0.5, 0.6) is 0 Å². The molecule has 0 aliphatic heterocycles. The highest BCUT2D eigenvalue weighted by Crippen LogP contribution is 2.30. The van der Waals surface area contributed by atoms with Crippen molar-refractivity contribution in [3.05, 3.63) is 35.6 Å². The monoisotopic (exact) mass is 264 g/mol. The quantitative estimate of drug-likeness (QED) is 0.878. The van der Waals surface area contributed by atoms with Crippen LogP contribution in [0.4, 0.5) is 4.39 Å². The minimum Gasteiger partial charge on any atom is -0.350 e. The van der Waals surface area contributed by atoms with E-state index in [1.54, 1.807) is 6.07 Å². The van der Waals surface area contributed by atoms with Gasteiger partial charge < -0.3 is 11.1 Å². The summed E-state index contributed by atoms with van der Waals surface area (Å²) in [6.45, 7) is 1.85. The van der Waals surface area contributed by atoms with Crippen molar-refractivity contribution >= 4 is 5.91 Å². The lowest BCUT2D eigenvalue weighted by Crippen LogP contribution is -2.42. The average Bonchev–Trinajstić information content (AvgIpc) is 2.75. The third kappa shape index (κ3) is 3.77. The normalized spacial score (nSPS) is 19.1. The van der Waals surface area contributed by atoms with Crippen LogP contribution in [0.1, 0.15) is 50.6 Å². The Labute approximate surface area is 113 Å². The van der Waals surface area contributed by atoms with E-state index >= 15 is 0 Å². The molecule has 0 heterocycles. The van der Waals surface area contributed by atoms with Gasteiger partial charge in [-0.15, -0.1) is 0 Å². The highest BCUT2D eigenvalue weighted by atomic mass is 19.1. The molecule has 0 unspecified atom stereocenters. The van der Waals surface area contributed by atoms with Crippen molar-refractivity contribution in [3.8, 4) is 0 Å². The molecule has 1 aromatic carbocycles. The molecule has 104 valence electrons. The highest BCUT2D eigenvalue weighted by molar-refractivity contribution is 5.77. The molecule has 0 radical (unpaired) electrons. The van der Waals surface area contributed by atoms with Gasteiger partial charge in [0.15, 0.2) is 0 Å².